The number of rotatable bonds is 5. The average Bonchev–Trinajstić information content (AvgIpc) is 2.25. The highest BCUT2D eigenvalue weighted by atomic mass is 35.5. The Kier molecular flexibility index (Phi) is 5.28. The number of hydrogen-bond acceptors (Lipinski definition) is 3. The van der Waals surface area contributed by atoms with Gasteiger partial charge in [-0.1, -0.05) is 23.2 Å². The van der Waals surface area contributed by atoms with Crippen LogP contribution in [0, 0.1) is 0 Å². The Bertz CT molecular complexity index is 420. The van der Waals surface area contributed by atoms with Crippen LogP contribution in [0.3, 0.4) is 0 Å². The standard InChI is InChI=1S/C11H10Cl2O4/c12-8-5-7(1-2-10(15)16)6-9(13)11(8)17-4-3-14/h1-2,5-6,14H,3-4H2,(H,15,16)/b2-1+. The zero-order valence-corrected chi connectivity index (χ0v) is 10.2. The molecule has 92 valence electrons. The lowest BCUT2D eigenvalue weighted by Crippen LogP contribution is -2.02. The summed E-state index contributed by atoms with van der Waals surface area (Å²) in [6, 6.07) is 3.05. The second-order valence-electron chi connectivity index (χ2n) is 3.06. The largest absolute Gasteiger partial charge is 0.488 e. The van der Waals surface area contributed by atoms with Crippen LogP contribution in [0.1, 0.15) is 5.56 Å². The van der Waals surface area contributed by atoms with Crippen LogP contribution < -0.4 is 4.74 Å². The topological polar surface area (TPSA) is 66.8 Å². The third-order valence-corrected chi connectivity index (χ3v) is 2.34. The van der Waals surface area contributed by atoms with Gasteiger partial charge in [0.25, 0.3) is 0 Å². The summed E-state index contributed by atoms with van der Waals surface area (Å²) in [6.07, 6.45) is 2.35. The number of ether oxygens (including phenoxy) is 1. The van der Waals surface area contributed by atoms with Gasteiger partial charge in [0.2, 0.25) is 0 Å². The third kappa shape index (κ3) is 4.26. The molecule has 0 heterocycles. The van der Waals surface area contributed by atoms with Gasteiger partial charge in [-0.15, -0.1) is 0 Å². The average molecular weight is 277 g/mol. The summed E-state index contributed by atoms with van der Waals surface area (Å²) in [5.74, 6) is -0.785. The van der Waals surface area contributed by atoms with Crippen LogP contribution in [0.5, 0.6) is 5.75 Å². The lowest BCUT2D eigenvalue weighted by Gasteiger charge is -2.09. The van der Waals surface area contributed by atoms with Crippen molar-refractivity contribution in [2.24, 2.45) is 0 Å². The smallest absolute Gasteiger partial charge is 0.328 e. The number of aliphatic hydroxyl groups excluding tert-OH is 1. The van der Waals surface area contributed by atoms with Crippen molar-refractivity contribution in [3.8, 4) is 5.75 Å². The molecule has 0 saturated heterocycles. The van der Waals surface area contributed by atoms with Crippen molar-refractivity contribution in [1.29, 1.82) is 0 Å². The van der Waals surface area contributed by atoms with Crippen molar-refractivity contribution < 1.29 is 19.7 Å². The second kappa shape index (κ2) is 6.49. The molecular formula is C11H10Cl2O4. The zero-order chi connectivity index (χ0) is 12.8. The monoisotopic (exact) mass is 276 g/mol. The molecular weight excluding hydrogens is 267 g/mol. The highest BCUT2D eigenvalue weighted by Crippen LogP contribution is 2.34. The molecule has 0 unspecified atom stereocenters. The summed E-state index contributed by atoms with van der Waals surface area (Å²) in [5, 5.41) is 17.6. The molecule has 0 amide bonds. The van der Waals surface area contributed by atoms with Crippen molar-refractivity contribution in [2.75, 3.05) is 13.2 Å². The Hall–Kier alpha value is -1.23. The number of carbonyl (C=O) groups is 1. The maximum Gasteiger partial charge on any atom is 0.328 e. The number of carboxylic acid groups (broad SMARTS) is 1. The molecule has 1 aromatic carbocycles. The lowest BCUT2D eigenvalue weighted by molar-refractivity contribution is -0.131. The highest BCUT2D eigenvalue weighted by molar-refractivity contribution is 6.37. The predicted molar refractivity (Wildman–Crippen MR) is 65.7 cm³/mol. The number of hydrogen-bond donors (Lipinski definition) is 2. The van der Waals surface area contributed by atoms with Gasteiger partial charge in [-0.3, -0.25) is 0 Å². The van der Waals surface area contributed by atoms with E-state index in [0.29, 0.717) is 5.56 Å². The maximum absolute atomic E-state index is 10.3. The van der Waals surface area contributed by atoms with Crippen LogP contribution in [0.25, 0.3) is 6.08 Å². The van der Waals surface area contributed by atoms with E-state index in [1.807, 2.05) is 0 Å². The minimum Gasteiger partial charge on any atom is -0.488 e. The van der Waals surface area contributed by atoms with Crippen molar-refractivity contribution in [3.63, 3.8) is 0 Å². The van der Waals surface area contributed by atoms with Crippen LogP contribution in [0.4, 0.5) is 0 Å². The molecule has 0 aliphatic heterocycles. The number of carboxylic acids is 1. The first kappa shape index (κ1) is 13.8. The number of halogens is 2. The number of benzene rings is 1. The molecule has 6 heteroatoms. The molecule has 0 aliphatic carbocycles. The lowest BCUT2D eigenvalue weighted by atomic mass is 10.2. The van der Waals surface area contributed by atoms with E-state index < -0.39 is 5.97 Å². The summed E-state index contributed by atoms with van der Waals surface area (Å²) in [4.78, 5) is 10.3. The van der Waals surface area contributed by atoms with E-state index in [1.54, 1.807) is 0 Å². The molecule has 2 N–H and O–H groups in total. The zero-order valence-electron chi connectivity index (χ0n) is 8.69. The Morgan fingerprint density at radius 2 is 1.94 bits per heavy atom. The van der Waals surface area contributed by atoms with Crippen molar-refractivity contribution in [2.45, 2.75) is 0 Å². The fourth-order valence-corrected chi connectivity index (χ4v) is 1.74. The van der Waals surface area contributed by atoms with Crippen LogP contribution in [-0.4, -0.2) is 29.4 Å². The first-order valence-electron chi connectivity index (χ1n) is 4.68. The van der Waals surface area contributed by atoms with Gasteiger partial charge >= 0.3 is 5.97 Å². The molecule has 17 heavy (non-hydrogen) atoms. The van der Waals surface area contributed by atoms with E-state index >= 15 is 0 Å². The summed E-state index contributed by atoms with van der Waals surface area (Å²) >= 11 is 11.8. The summed E-state index contributed by atoms with van der Waals surface area (Å²) in [7, 11) is 0. The van der Waals surface area contributed by atoms with Gasteiger partial charge in [0, 0.05) is 6.08 Å². The third-order valence-electron chi connectivity index (χ3n) is 1.78. The molecule has 0 radical (unpaired) electrons. The SMILES string of the molecule is O=C(O)/C=C/c1cc(Cl)c(OCCO)c(Cl)c1. The van der Waals surface area contributed by atoms with Gasteiger partial charge in [-0.25, -0.2) is 4.79 Å². The van der Waals surface area contributed by atoms with E-state index in [4.69, 9.17) is 38.2 Å². The van der Waals surface area contributed by atoms with E-state index in [-0.39, 0.29) is 29.0 Å². The Balaban J connectivity index is 2.96. The molecule has 0 saturated carbocycles. The van der Waals surface area contributed by atoms with E-state index in [1.165, 1.54) is 18.2 Å². The molecule has 1 rings (SSSR count). The Labute approximate surface area is 108 Å². The molecule has 0 spiro atoms. The normalized spacial score (nSPS) is 10.8. The second-order valence-corrected chi connectivity index (χ2v) is 3.87. The number of aliphatic hydroxyl groups is 1. The van der Waals surface area contributed by atoms with Gasteiger partial charge in [-0.2, -0.15) is 0 Å². The minimum atomic E-state index is -1.06. The highest BCUT2D eigenvalue weighted by Gasteiger charge is 2.08. The van der Waals surface area contributed by atoms with Gasteiger partial charge in [0.15, 0.2) is 5.75 Å². The van der Waals surface area contributed by atoms with Crippen molar-refractivity contribution in [1.82, 2.24) is 0 Å². The summed E-state index contributed by atoms with van der Waals surface area (Å²) in [6.45, 7) is -0.0585. The molecule has 0 aromatic heterocycles. The fraction of sp³-hybridized carbons (Fsp3) is 0.182. The Morgan fingerprint density at radius 1 is 1.35 bits per heavy atom. The van der Waals surface area contributed by atoms with Crippen LogP contribution in [0.15, 0.2) is 18.2 Å². The number of aliphatic carboxylic acids is 1. The first-order chi connectivity index (χ1) is 8.04. The molecule has 0 bridgehead atoms. The fourth-order valence-electron chi connectivity index (χ4n) is 1.13. The summed E-state index contributed by atoms with van der Waals surface area (Å²) < 4.78 is 5.14. The summed E-state index contributed by atoms with van der Waals surface area (Å²) in [5.41, 5.74) is 0.554. The van der Waals surface area contributed by atoms with Gasteiger partial charge < -0.3 is 14.9 Å². The van der Waals surface area contributed by atoms with E-state index in [2.05, 4.69) is 0 Å². The van der Waals surface area contributed by atoms with Gasteiger partial charge in [0.05, 0.1) is 16.7 Å². The quantitative estimate of drug-likeness (QED) is 0.811. The molecule has 4 nitrogen and oxygen atoms in total. The van der Waals surface area contributed by atoms with Crippen LogP contribution >= 0.6 is 23.2 Å². The van der Waals surface area contributed by atoms with Gasteiger partial charge in [-0.05, 0) is 23.8 Å². The van der Waals surface area contributed by atoms with Crippen molar-refractivity contribution >= 4 is 35.2 Å². The molecule has 0 aliphatic rings. The minimum absolute atomic E-state index is 0.0871. The first-order valence-corrected chi connectivity index (χ1v) is 5.44. The molecule has 0 atom stereocenters. The van der Waals surface area contributed by atoms with Gasteiger partial charge in [0.1, 0.15) is 6.61 Å². The molecule has 1 aromatic rings. The Morgan fingerprint density at radius 3 is 2.41 bits per heavy atom. The molecule has 0 fully saturated rings. The van der Waals surface area contributed by atoms with E-state index in [0.717, 1.165) is 6.08 Å². The maximum atomic E-state index is 10.3. The van der Waals surface area contributed by atoms with Crippen LogP contribution in [-0.2, 0) is 4.79 Å². The predicted octanol–water partition coefficient (Wildman–Crippen LogP) is 2.46. The van der Waals surface area contributed by atoms with E-state index in [9.17, 15) is 4.79 Å². The van der Waals surface area contributed by atoms with Crippen LogP contribution in [0.2, 0.25) is 10.0 Å². The van der Waals surface area contributed by atoms with Crippen molar-refractivity contribution in [3.05, 3.63) is 33.8 Å².